The second-order valence-corrected chi connectivity index (χ2v) is 6.75. The molecule has 1 aliphatic rings. The summed E-state index contributed by atoms with van der Waals surface area (Å²) in [7, 11) is -3.51. The van der Waals surface area contributed by atoms with E-state index in [1.165, 1.54) is 4.31 Å². The van der Waals surface area contributed by atoms with E-state index in [0.29, 0.717) is 12.8 Å². The van der Waals surface area contributed by atoms with Gasteiger partial charge in [0.05, 0.1) is 4.90 Å². The van der Waals surface area contributed by atoms with Crippen molar-refractivity contribution in [3.05, 3.63) is 29.8 Å². The number of carboxylic acid groups (broad SMARTS) is 1. The molecule has 0 bridgehead atoms. The molecular weight excluding hydrogens is 266 g/mol. The maximum Gasteiger partial charge on any atom is 0.243 e. The molecule has 0 unspecified atom stereocenters. The van der Waals surface area contributed by atoms with Crippen LogP contribution in [0, 0.1) is 12.8 Å². The van der Waals surface area contributed by atoms with Gasteiger partial charge in [0, 0.05) is 25.0 Å². The fourth-order valence-electron chi connectivity index (χ4n) is 2.26. The Bertz CT molecular complexity index is 574. The fraction of sp³-hybridized carbons (Fsp3) is 0.462. The van der Waals surface area contributed by atoms with E-state index in [0.717, 1.165) is 5.56 Å². The largest absolute Gasteiger partial charge is 0.550 e. The Morgan fingerprint density at radius 2 is 1.95 bits per heavy atom. The highest BCUT2D eigenvalue weighted by molar-refractivity contribution is 7.89. The maximum absolute atomic E-state index is 12.4. The van der Waals surface area contributed by atoms with Crippen LogP contribution in [0.3, 0.4) is 0 Å². The van der Waals surface area contributed by atoms with Gasteiger partial charge < -0.3 is 9.90 Å². The number of sulfonamides is 1. The fourth-order valence-corrected chi connectivity index (χ4v) is 3.83. The third-order valence-electron chi connectivity index (χ3n) is 3.41. The summed E-state index contributed by atoms with van der Waals surface area (Å²) < 4.78 is 26.1. The van der Waals surface area contributed by atoms with Crippen LogP contribution in [0.5, 0.6) is 0 Å². The van der Waals surface area contributed by atoms with Gasteiger partial charge in [-0.3, -0.25) is 0 Å². The van der Waals surface area contributed by atoms with Crippen molar-refractivity contribution in [2.75, 3.05) is 13.1 Å². The van der Waals surface area contributed by atoms with Crippen molar-refractivity contribution in [2.45, 2.75) is 24.7 Å². The second-order valence-electron chi connectivity index (χ2n) is 4.81. The Balaban J connectivity index is 2.16. The highest BCUT2D eigenvalue weighted by atomic mass is 32.2. The molecule has 0 saturated carbocycles. The summed E-state index contributed by atoms with van der Waals surface area (Å²) >= 11 is 0. The SMILES string of the molecule is Cc1cccc(S(=O)(=O)N2CCC(C(=O)[O-])CC2)c1. The average molecular weight is 282 g/mol. The van der Waals surface area contributed by atoms with Crippen molar-refractivity contribution in [3.8, 4) is 0 Å². The number of hydrogen-bond acceptors (Lipinski definition) is 4. The molecule has 0 amide bonds. The first-order valence-corrected chi connectivity index (χ1v) is 7.63. The van der Waals surface area contributed by atoms with Gasteiger partial charge >= 0.3 is 0 Å². The van der Waals surface area contributed by atoms with E-state index in [-0.39, 0.29) is 18.0 Å². The number of aliphatic carboxylic acids is 1. The van der Waals surface area contributed by atoms with E-state index >= 15 is 0 Å². The summed E-state index contributed by atoms with van der Waals surface area (Å²) in [6, 6.07) is 6.73. The summed E-state index contributed by atoms with van der Waals surface area (Å²) in [5.74, 6) is -1.63. The van der Waals surface area contributed by atoms with Crippen molar-refractivity contribution in [1.82, 2.24) is 4.31 Å². The van der Waals surface area contributed by atoms with Gasteiger partial charge in [-0.25, -0.2) is 8.42 Å². The minimum absolute atomic E-state index is 0.231. The first kappa shape index (κ1) is 14.0. The molecule has 19 heavy (non-hydrogen) atoms. The Morgan fingerprint density at radius 3 is 2.47 bits per heavy atom. The topological polar surface area (TPSA) is 77.5 Å². The van der Waals surface area contributed by atoms with Crippen LogP contribution in [0.25, 0.3) is 0 Å². The van der Waals surface area contributed by atoms with Gasteiger partial charge in [0.25, 0.3) is 0 Å². The molecule has 1 aromatic rings. The number of carbonyl (C=O) groups excluding carboxylic acids is 1. The van der Waals surface area contributed by atoms with Gasteiger partial charge in [0.15, 0.2) is 0 Å². The molecule has 1 fully saturated rings. The predicted molar refractivity (Wildman–Crippen MR) is 67.7 cm³/mol. The molecule has 0 aromatic heterocycles. The van der Waals surface area contributed by atoms with E-state index in [1.807, 2.05) is 13.0 Å². The van der Waals surface area contributed by atoms with Gasteiger partial charge in [-0.15, -0.1) is 0 Å². The molecule has 1 aromatic carbocycles. The van der Waals surface area contributed by atoms with Gasteiger partial charge in [0.2, 0.25) is 10.0 Å². The van der Waals surface area contributed by atoms with Crippen molar-refractivity contribution in [3.63, 3.8) is 0 Å². The first-order valence-electron chi connectivity index (χ1n) is 6.19. The zero-order valence-corrected chi connectivity index (χ0v) is 11.5. The minimum Gasteiger partial charge on any atom is -0.550 e. The number of piperidine rings is 1. The third-order valence-corrected chi connectivity index (χ3v) is 5.31. The summed E-state index contributed by atoms with van der Waals surface area (Å²) in [5, 5.41) is 10.7. The third kappa shape index (κ3) is 2.96. The molecule has 0 atom stereocenters. The quantitative estimate of drug-likeness (QED) is 0.790. The number of benzene rings is 1. The van der Waals surface area contributed by atoms with Gasteiger partial charge in [-0.2, -0.15) is 4.31 Å². The molecule has 0 N–H and O–H groups in total. The van der Waals surface area contributed by atoms with E-state index in [9.17, 15) is 18.3 Å². The van der Waals surface area contributed by atoms with Crippen LogP contribution in [0.4, 0.5) is 0 Å². The number of carboxylic acids is 1. The molecule has 0 aliphatic carbocycles. The second kappa shape index (κ2) is 5.30. The molecule has 6 heteroatoms. The summed E-state index contributed by atoms with van der Waals surface area (Å²) in [6.45, 7) is 2.30. The van der Waals surface area contributed by atoms with Crippen molar-refractivity contribution < 1.29 is 18.3 Å². The molecule has 5 nitrogen and oxygen atoms in total. The number of aryl methyl sites for hydroxylation is 1. The van der Waals surface area contributed by atoms with Gasteiger partial charge in [-0.05, 0) is 37.5 Å². The summed E-state index contributed by atoms with van der Waals surface area (Å²) in [5.41, 5.74) is 0.880. The van der Waals surface area contributed by atoms with Crippen molar-refractivity contribution in [1.29, 1.82) is 0 Å². The summed E-state index contributed by atoms with van der Waals surface area (Å²) in [4.78, 5) is 11.0. The van der Waals surface area contributed by atoms with E-state index in [4.69, 9.17) is 0 Å². The Hall–Kier alpha value is -1.40. The van der Waals surface area contributed by atoms with E-state index < -0.39 is 21.9 Å². The average Bonchev–Trinajstić information content (AvgIpc) is 2.39. The number of carbonyl (C=O) groups is 1. The van der Waals surface area contributed by atoms with Crippen LogP contribution < -0.4 is 5.11 Å². The first-order chi connectivity index (χ1) is 8.91. The number of nitrogens with zero attached hydrogens (tertiary/aromatic N) is 1. The minimum atomic E-state index is -3.51. The zero-order chi connectivity index (χ0) is 14.0. The Kier molecular flexibility index (Phi) is 3.91. The van der Waals surface area contributed by atoms with Gasteiger partial charge in [0.1, 0.15) is 0 Å². The van der Waals surface area contributed by atoms with Crippen molar-refractivity contribution in [2.24, 2.45) is 5.92 Å². The highest BCUT2D eigenvalue weighted by Crippen LogP contribution is 2.23. The Labute approximate surface area is 112 Å². The molecule has 0 radical (unpaired) electrons. The number of rotatable bonds is 3. The molecule has 1 saturated heterocycles. The normalized spacial score (nSPS) is 18.4. The Morgan fingerprint density at radius 1 is 1.32 bits per heavy atom. The van der Waals surface area contributed by atoms with Crippen molar-refractivity contribution >= 4 is 16.0 Å². The highest BCUT2D eigenvalue weighted by Gasteiger charge is 2.29. The van der Waals surface area contributed by atoms with Crippen LogP contribution in [0.2, 0.25) is 0 Å². The molecule has 1 heterocycles. The maximum atomic E-state index is 12.4. The van der Waals surface area contributed by atoms with Crippen LogP contribution in [-0.2, 0) is 14.8 Å². The van der Waals surface area contributed by atoms with E-state index in [1.54, 1.807) is 18.2 Å². The lowest BCUT2D eigenvalue weighted by Gasteiger charge is -2.31. The standard InChI is InChI=1S/C13H17NO4S/c1-10-3-2-4-12(9-10)19(17,18)14-7-5-11(6-8-14)13(15)16/h2-4,9,11H,5-8H2,1H3,(H,15,16)/p-1. The smallest absolute Gasteiger partial charge is 0.243 e. The van der Waals surface area contributed by atoms with Crippen LogP contribution >= 0.6 is 0 Å². The van der Waals surface area contributed by atoms with E-state index in [2.05, 4.69) is 0 Å². The zero-order valence-electron chi connectivity index (χ0n) is 10.7. The molecule has 104 valence electrons. The lowest BCUT2D eigenvalue weighted by Crippen LogP contribution is -2.43. The van der Waals surface area contributed by atoms with Gasteiger partial charge in [-0.1, -0.05) is 12.1 Å². The van der Waals surface area contributed by atoms with Crippen LogP contribution in [0.15, 0.2) is 29.2 Å². The predicted octanol–water partition coefficient (Wildman–Crippen LogP) is 0.146. The van der Waals surface area contributed by atoms with Crippen LogP contribution in [0.1, 0.15) is 18.4 Å². The molecule has 0 spiro atoms. The molecular formula is C13H16NO4S-. The lowest BCUT2D eigenvalue weighted by atomic mass is 9.99. The monoisotopic (exact) mass is 282 g/mol. The number of hydrogen-bond donors (Lipinski definition) is 0. The lowest BCUT2D eigenvalue weighted by molar-refractivity contribution is -0.312. The molecule has 1 aliphatic heterocycles. The molecule has 2 rings (SSSR count). The van der Waals surface area contributed by atoms with Crippen LogP contribution in [-0.4, -0.2) is 31.8 Å². The summed E-state index contributed by atoms with van der Waals surface area (Å²) in [6.07, 6.45) is 0.626.